The second-order valence-corrected chi connectivity index (χ2v) is 2.98. The molecule has 1 heterocycles. The van der Waals surface area contributed by atoms with Gasteiger partial charge in [0, 0.05) is 11.8 Å². The largest absolute Gasteiger partial charge is 0.481 e. The molecule has 1 aromatic rings. The lowest BCUT2D eigenvalue weighted by molar-refractivity contribution is -0.137. The molecule has 12 heavy (non-hydrogen) atoms. The van der Waals surface area contributed by atoms with Crippen LogP contribution in [-0.4, -0.2) is 20.7 Å². The van der Waals surface area contributed by atoms with E-state index in [0.29, 0.717) is 12.1 Å². The Balaban J connectivity index is 2.39. The highest BCUT2D eigenvalue weighted by atomic mass is 32.1. The van der Waals surface area contributed by atoms with Crippen LogP contribution in [0.1, 0.15) is 24.6 Å². The van der Waals surface area contributed by atoms with Crippen LogP contribution in [0.25, 0.3) is 0 Å². The highest BCUT2D eigenvalue weighted by Crippen LogP contribution is 2.13. The van der Waals surface area contributed by atoms with Gasteiger partial charge in [-0.2, -0.15) is 0 Å². The molecule has 3 N–H and O–H groups in total. The van der Waals surface area contributed by atoms with Crippen LogP contribution < -0.4 is 5.73 Å². The quantitative estimate of drug-likeness (QED) is 0.712. The van der Waals surface area contributed by atoms with Crippen molar-refractivity contribution < 1.29 is 9.90 Å². The van der Waals surface area contributed by atoms with Crippen molar-refractivity contribution in [2.75, 3.05) is 0 Å². The van der Waals surface area contributed by atoms with Gasteiger partial charge in [0.1, 0.15) is 0 Å². The Bertz CT molecular complexity index is 249. The van der Waals surface area contributed by atoms with E-state index in [0.717, 1.165) is 0 Å². The third-order valence-electron chi connectivity index (χ3n) is 1.43. The van der Waals surface area contributed by atoms with E-state index < -0.39 is 5.97 Å². The van der Waals surface area contributed by atoms with Crippen LogP contribution in [0.2, 0.25) is 0 Å². The van der Waals surface area contributed by atoms with Gasteiger partial charge < -0.3 is 10.8 Å². The second kappa shape index (κ2) is 4.13. The monoisotopic (exact) mass is 187 g/mol. The SMILES string of the molecule is NC(CCC(=O)O)c1csnn1. The Kier molecular flexibility index (Phi) is 3.12. The van der Waals surface area contributed by atoms with Crippen molar-refractivity contribution in [1.82, 2.24) is 9.59 Å². The van der Waals surface area contributed by atoms with Crippen LogP contribution in [0.3, 0.4) is 0 Å². The number of aliphatic carboxylic acids is 1. The van der Waals surface area contributed by atoms with Gasteiger partial charge in [0.05, 0.1) is 11.7 Å². The Morgan fingerprint density at radius 1 is 1.83 bits per heavy atom. The molecule has 0 bridgehead atoms. The van der Waals surface area contributed by atoms with E-state index in [2.05, 4.69) is 9.59 Å². The van der Waals surface area contributed by atoms with E-state index in [1.54, 1.807) is 5.38 Å². The number of aromatic nitrogens is 2. The van der Waals surface area contributed by atoms with E-state index in [1.165, 1.54) is 11.5 Å². The highest BCUT2D eigenvalue weighted by molar-refractivity contribution is 7.03. The van der Waals surface area contributed by atoms with Crippen LogP contribution >= 0.6 is 11.5 Å². The van der Waals surface area contributed by atoms with E-state index in [-0.39, 0.29) is 12.5 Å². The zero-order valence-electron chi connectivity index (χ0n) is 6.30. The van der Waals surface area contributed by atoms with Crippen LogP contribution in [0.15, 0.2) is 5.38 Å². The molecule has 0 saturated carbocycles. The molecule has 0 spiro atoms. The highest BCUT2D eigenvalue weighted by Gasteiger charge is 2.10. The summed E-state index contributed by atoms with van der Waals surface area (Å²) in [5.74, 6) is -0.839. The Morgan fingerprint density at radius 2 is 2.58 bits per heavy atom. The molecule has 0 aromatic carbocycles. The summed E-state index contributed by atoms with van der Waals surface area (Å²) in [6.07, 6.45) is 0.472. The first-order valence-electron chi connectivity index (χ1n) is 3.44. The lowest BCUT2D eigenvalue weighted by Crippen LogP contribution is -2.12. The number of hydrogen-bond acceptors (Lipinski definition) is 5. The van der Waals surface area contributed by atoms with E-state index in [4.69, 9.17) is 10.8 Å². The van der Waals surface area contributed by atoms with Crippen molar-refractivity contribution in [3.05, 3.63) is 11.1 Å². The van der Waals surface area contributed by atoms with Crippen molar-refractivity contribution in [1.29, 1.82) is 0 Å². The molecule has 0 fully saturated rings. The summed E-state index contributed by atoms with van der Waals surface area (Å²) in [6.45, 7) is 0. The fraction of sp³-hybridized carbons (Fsp3) is 0.500. The van der Waals surface area contributed by atoms with E-state index >= 15 is 0 Å². The summed E-state index contributed by atoms with van der Waals surface area (Å²) in [4.78, 5) is 10.2. The third kappa shape index (κ3) is 2.55. The standard InChI is InChI=1S/C6H9N3O2S/c7-4(1-2-6(10)11)5-3-12-9-8-5/h3-4H,1-2,7H2,(H,10,11). The number of carbonyl (C=O) groups is 1. The van der Waals surface area contributed by atoms with Gasteiger partial charge in [-0.1, -0.05) is 4.49 Å². The molecule has 0 amide bonds. The molecular formula is C6H9N3O2S. The molecule has 5 nitrogen and oxygen atoms in total. The molecular weight excluding hydrogens is 178 g/mol. The minimum Gasteiger partial charge on any atom is -0.481 e. The van der Waals surface area contributed by atoms with Crippen LogP contribution in [0.5, 0.6) is 0 Å². The first-order chi connectivity index (χ1) is 5.70. The molecule has 0 radical (unpaired) electrons. The summed E-state index contributed by atoms with van der Waals surface area (Å²) < 4.78 is 3.63. The van der Waals surface area contributed by atoms with Crippen molar-refractivity contribution in [2.45, 2.75) is 18.9 Å². The number of rotatable bonds is 4. The second-order valence-electron chi connectivity index (χ2n) is 2.37. The Labute approximate surface area is 73.4 Å². The molecule has 1 atom stereocenters. The number of carboxylic acids is 1. The summed E-state index contributed by atoms with van der Waals surface area (Å²) in [5.41, 5.74) is 6.30. The van der Waals surface area contributed by atoms with Gasteiger partial charge in [0.2, 0.25) is 0 Å². The van der Waals surface area contributed by atoms with Crippen molar-refractivity contribution in [3.63, 3.8) is 0 Å². The van der Waals surface area contributed by atoms with E-state index in [9.17, 15) is 4.79 Å². The van der Waals surface area contributed by atoms with Gasteiger partial charge in [-0.05, 0) is 18.0 Å². The van der Waals surface area contributed by atoms with Crippen molar-refractivity contribution in [3.8, 4) is 0 Å². The smallest absolute Gasteiger partial charge is 0.303 e. The van der Waals surface area contributed by atoms with E-state index in [1.807, 2.05) is 0 Å². The Hall–Kier alpha value is -1.01. The van der Waals surface area contributed by atoms with Crippen LogP contribution in [0, 0.1) is 0 Å². The fourth-order valence-electron chi connectivity index (χ4n) is 0.760. The van der Waals surface area contributed by atoms with Gasteiger partial charge >= 0.3 is 5.97 Å². The lowest BCUT2D eigenvalue weighted by atomic mass is 10.1. The molecule has 1 aromatic heterocycles. The van der Waals surface area contributed by atoms with Crippen LogP contribution in [0.4, 0.5) is 0 Å². The predicted octanol–water partition coefficient (Wildman–Crippen LogP) is 0.403. The van der Waals surface area contributed by atoms with Gasteiger partial charge in [-0.3, -0.25) is 4.79 Å². The normalized spacial score (nSPS) is 12.8. The number of nitrogens with zero attached hydrogens (tertiary/aromatic N) is 2. The number of nitrogens with two attached hydrogens (primary N) is 1. The summed E-state index contributed by atoms with van der Waals surface area (Å²) in [5, 5.41) is 13.8. The summed E-state index contributed by atoms with van der Waals surface area (Å²) in [7, 11) is 0. The molecule has 0 aliphatic heterocycles. The molecule has 1 rings (SSSR count). The maximum absolute atomic E-state index is 10.2. The fourth-order valence-corrected chi connectivity index (χ4v) is 1.28. The van der Waals surface area contributed by atoms with Gasteiger partial charge in [0.25, 0.3) is 0 Å². The van der Waals surface area contributed by atoms with Gasteiger partial charge in [0.15, 0.2) is 0 Å². The van der Waals surface area contributed by atoms with Gasteiger partial charge in [-0.15, -0.1) is 5.10 Å². The van der Waals surface area contributed by atoms with Crippen molar-refractivity contribution in [2.24, 2.45) is 5.73 Å². The molecule has 0 aliphatic carbocycles. The molecule has 66 valence electrons. The Morgan fingerprint density at radius 3 is 3.08 bits per heavy atom. The molecule has 0 saturated heterocycles. The minimum absolute atomic E-state index is 0.0681. The lowest BCUT2D eigenvalue weighted by Gasteiger charge is -2.04. The van der Waals surface area contributed by atoms with Crippen LogP contribution in [-0.2, 0) is 4.79 Å². The molecule has 0 aliphatic rings. The average molecular weight is 187 g/mol. The average Bonchev–Trinajstić information content (AvgIpc) is 2.51. The number of carboxylic acid groups (broad SMARTS) is 1. The van der Waals surface area contributed by atoms with Crippen molar-refractivity contribution >= 4 is 17.5 Å². The topological polar surface area (TPSA) is 89.1 Å². The first kappa shape index (κ1) is 9.08. The number of hydrogen-bond donors (Lipinski definition) is 2. The molecule has 1 unspecified atom stereocenters. The predicted molar refractivity (Wildman–Crippen MR) is 43.7 cm³/mol. The first-order valence-corrected chi connectivity index (χ1v) is 4.28. The summed E-state index contributed by atoms with van der Waals surface area (Å²) >= 11 is 1.21. The maximum Gasteiger partial charge on any atom is 0.303 e. The zero-order valence-corrected chi connectivity index (χ0v) is 7.12. The minimum atomic E-state index is -0.839. The maximum atomic E-state index is 10.2. The summed E-state index contributed by atoms with van der Waals surface area (Å²) in [6, 6.07) is -0.306. The molecule has 6 heteroatoms. The third-order valence-corrected chi connectivity index (χ3v) is 1.95. The van der Waals surface area contributed by atoms with Gasteiger partial charge in [-0.25, -0.2) is 0 Å². The zero-order chi connectivity index (χ0) is 8.97.